The van der Waals surface area contributed by atoms with Crippen LogP contribution in [0.4, 0.5) is 5.69 Å². The van der Waals surface area contributed by atoms with Gasteiger partial charge < -0.3 is 5.32 Å². The Morgan fingerprint density at radius 1 is 1.12 bits per heavy atom. The van der Waals surface area contributed by atoms with Gasteiger partial charge >= 0.3 is 0 Å². The van der Waals surface area contributed by atoms with Gasteiger partial charge in [-0.25, -0.2) is 0 Å². The zero-order chi connectivity index (χ0) is 12.8. The normalized spacial score (nSPS) is 8.41. The lowest BCUT2D eigenvalue weighted by Gasteiger charge is -2.07. The molecule has 0 fully saturated rings. The molecule has 0 aliphatic rings. The SMILES string of the molecule is Cc1cc(C)c(NC=C(C#N)C#N)cc1C#N. The van der Waals surface area contributed by atoms with Crippen molar-refractivity contribution in [3.63, 3.8) is 0 Å². The predicted octanol–water partition coefficient (Wildman–Crippen LogP) is 2.52. The molecule has 1 aromatic rings. The van der Waals surface area contributed by atoms with E-state index in [2.05, 4.69) is 11.4 Å². The minimum Gasteiger partial charge on any atom is -0.360 e. The maximum atomic E-state index is 8.91. The van der Waals surface area contributed by atoms with Gasteiger partial charge in [-0.1, -0.05) is 6.07 Å². The number of nitriles is 3. The minimum atomic E-state index is -0.0107. The molecule has 0 saturated heterocycles. The van der Waals surface area contributed by atoms with E-state index >= 15 is 0 Å². The molecule has 0 atom stereocenters. The molecule has 17 heavy (non-hydrogen) atoms. The second kappa shape index (κ2) is 5.35. The lowest BCUT2D eigenvalue weighted by atomic mass is 10.0. The van der Waals surface area contributed by atoms with Gasteiger partial charge in [-0.3, -0.25) is 0 Å². The Balaban J connectivity index is 3.10. The van der Waals surface area contributed by atoms with E-state index in [1.54, 1.807) is 18.2 Å². The van der Waals surface area contributed by atoms with E-state index in [1.807, 2.05) is 19.9 Å². The summed E-state index contributed by atoms with van der Waals surface area (Å²) in [6, 6.07) is 9.18. The first kappa shape index (κ1) is 12.3. The van der Waals surface area contributed by atoms with Crippen molar-refractivity contribution < 1.29 is 0 Å². The maximum absolute atomic E-state index is 8.91. The standard InChI is InChI=1S/C13H10N4/c1-9-3-10(2)13(4-12(9)7-16)17-8-11(5-14)6-15/h3-4,8,17H,1-2H3. The summed E-state index contributed by atoms with van der Waals surface area (Å²) in [4.78, 5) is 0. The van der Waals surface area contributed by atoms with Crippen LogP contribution in [-0.2, 0) is 0 Å². The van der Waals surface area contributed by atoms with E-state index in [0.717, 1.165) is 16.8 Å². The van der Waals surface area contributed by atoms with E-state index in [0.29, 0.717) is 5.56 Å². The molecule has 0 aromatic heterocycles. The molecule has 0 aliphatic heterocycles. The van der Waals surface area contributed by atoms with Crippen LogP contribution in [0.2, 0.25) is 0 Å². The van der Waals surface area contributed by atoms with Gasteiger partial charge in [0.05, 0.1) is 11.6 Å². The van der Waals surface area contributed by atoms with E-state index in [4.69, 9.17) is 15.8 Å². The Bertz CT molecular complexity index is 576. The number of hydrogen-bond donors (Lipinski definition) is 1. The fourth-order valence-corrected chi connectivity index (χ4v) is 1.37. The lowest BCUT2D eigenvalue weighted by molar-refractivity contribution is 1.33. The summed E-state index contributed by atoms with van der Waals surface area (Å²) in [5.41, 5.74) is 3.13. The van der Waals surface area contributed by atoms with Crippen LogP contribution in [0.1, 0.15) is 16.7 Å². The fraction of sp³-hybridized carbons (Fsp3) is 0.154. The molecule has 0 unspecified atom stereocenters. The van der Waals surface area contributed by atoms with Gasteiger partial charge in [-0.05, 0) is 31.0 Å². The van der Waals surface area contributed by atoms with Crippen LogP contribution in [0, 0.1) is 47.8 Å². The number of anilines is 1. The molecule has 0 aliphatic carbocycles. The smallest absolute Gasteiger partial charge is 0.145 e. The Kier molecular flexibility index (Phi) is 3.87. The second-order valence-corrected chi connectivity index (χ2v) is 3.52. The van der Waals surface area contributed by atoms with Gasteiger partial charge in [0.25, 0.3) is 0 Å². The molecule has 82 valence electrons. The largest absolute Gasteiger partial charge is 0.360 e. The third-order valence-corrected chi connectivity index (χ3v) is 2.30. The predicted molar refractivity (Wildman–Crippen MR) is 63.6 cm³/mol. The molecule has 1 aromatic carbocycles. The Labute approximate surface area is 100 Å². The van der Waals surface area contributed by atoms with Crippen LogP contribution < -0.4 is 5.32 Å². The molecular weight excluding hydrogens is 212 g/mol. The number of aryl methyl sites for hydroxylation is 2. The van der Waals surface area contributed by atoms with Crippen LogP contribution >= 0.6 is 0 Å². The summed E-state index contributed by atoms with van der Waals surface area (Å²) in [5.74, 6) is 0. The van der Waals surface area contributed by atoms with Crippen molar-refractivity contribution in [2.24, 2.45) is 0 Å². The third kappa shape index (κ3) is 2.84. The van der Waals surface area contributed by atoms with Gasteiger partial charge in [-0.2, -0.15) is 15.8 Å². The summed E-state index contributed by atoms with van der Waals surface area (Å²) in [7, 11) is 0. The number of hydrogen-bond acceptors (Lipinski definition) is 4. The molecule has 0 spiro atoms. The van der Waals surface area contributed by atoms with E-state index < -0.39 is 0 Å². The van der Waals surface area contributed by atoms with Crippen molar-refractivity contribution in [1.29, 1.82) is 15.8 Å². The monoisotopic (exact) mass is 222 g/mol. The second-order valence-electron chi connectivity index (χ2n) is 3.52. The number of nitrogens with zero attached hydrogens (tertiary/aromatic N) is 3. The molecule has 0 radical (unpaired) electrons. The number of rotatable bonds is 2. The number of nitrogens with one attached hydrogen (secondary N) is 1. The van der Waals surface area contributed by atoms with Crippen LogP contribution in [0.15, 0.2) is 23.9 Å². The van der Waals surface area contributed by atoms with Crippen molar-refractivity contribution >= 4 is 5.69 Å². The maximum Gasteiger partial charge on any atom is 0.145 e. The molecule has 0 saturated carbocycles. The molecule has 1 N–H and O–H groups in total. The van der Waals surface area contributed by atoms with Crippen molar-refractivity contribution in [2.45, 2.75) is 13.8 Å². The lowest BCUT2D eigenvalue weighted by Crippen LogP contribution is -1.95. The van der Waals surface area contributed by atoms with Crippen LogP contribution in [-0.4, -0.2) is 0 Å². The Morgan fingerprint density at radius 2 is 1.76 bits per heavy atom. The average molecular weight is 222 g/mol. The highest BCUT2D eigenvalue weighted by atomic mass is 14.8. The van der Waals surface area contributed by atoms with Gasteiger partial charge in [-0.15, -0.1) is 0 Å². The van der Waals surface area contributed by atoms with Crippen molar-refractivity contribution in [2.75, 3.05) is 5.32 Å². The summed E-state index contributed by atoms with van der Waals surface area (Å²) in [6.07, 6.45) is 1.33. The fourth-order valence-electron chi connectivity index (χ4n) is 1.37. The first-order valence-corrected chi connectivity index (χ1v) is 4.90. The van der Waals surface area contributed by atoms with E-state index in [9.17, 15) is 0 Å². The molecule has 0 amide bonds. The first-order chi connectivity index (χ1) is 8.12. The van der Waals surface area contributed by atoms with Crippen molar-refractivity contribution in [3.8, 4) is 18.2 Å². The summed E-state index contributed by atoms with van der Waals surface area (Å²) >= 11 is 0. The van der Waals surface area contributed by atoms with E-state index in [-0.39, 0.29) is 5.57 Å². The Hall–Kier alpha value is -2.77. The summed E-state index contributed by atoms with van der Waals surface area (Å²) in [5, 5.41) is 28.9. The Morgan fingerprint density at radius 3 is 2.29 bits per heavy atom. The molecular formula is C13H10N4. The third-order valence-electron chi connectivity index (χ3n) is 2.30. The van der Waals surface area contributed by atoms with Gasteiger partial charge in [0.15, 0.2) is 0 Å². The molecule has 1 rings (SSSR count). The molecule has 0 heterocycles. The van der Waals surface area contributed by atoms with Crippen molar-refractivity contribution in [1.82, 2.24) is 0 Å². The van der Waals surface area contributed by atoms with Crippen LogP contribution in [0.5, 0.6) is 0 Å². The molecule has 0 bridgehead atoms. The van der Waals surface area contributed by atoms with E-state index in [1.165, 1.54) is 6.20 Å². The molecule has 4 heteroatoms. The van der Waals surface area contributed by atoms with Crippen molar-refractivity contribution in [3.05, 3.63) is 40.6 Å². The number of benzene rings is 1. The van der Waals surface area contributed by atoms with Gasteiger partial charge in [0, 0.05) is 11.9 Å². The quantitative estimate of drug-likeness (QED) is 0.779. The zero-order valence-electron chi connectivity index (χ0n) is 9.57. The van der Waals surface area contributed by atoms with Crippen LogP contribution in [0.25, 0.3) is 0 Å². The zero-order valence-corrected chi connectivity index (χ0v) is 9.57. The minimum absolute atomic E-state index is 0.0107. The highest BCUT2D eigenvalue weighted by molar-refractivity contribution is 5.60. The summed E-state index contributed by atoms with van der Waals surface area (Å²) in [6.45, 7) is 3.75. The average Bonchev–Trinajstić information content (AvgIpc) is 2.32. The number of allylic oxidation sites excluding steroid dienone is 1. The first-order valence-electron chi connectivity index (χ1n) is 4.90. The van der Waals surface area contributed by atoms with Gasteiger partial charge in [0.1, 0.15) is 17.7 Å². The highest BCUT2D eigenvalue weighted by Crippen LogP contribution is 2.20. The van der Waals surface area contributed by atoms with Crippen LogP contribution in [0.3, 0.4) is 0 Å². The highest BCUT2D eigenvalue weighted by Gasteiger charge is 2.03. The topological polar surface area (TPSA) is 83.4 Å². The van der Waals surface area contributed by atoms with Gasteiger partial charge in [0.2, 0.25) is 0 Å². The molecule has 4 nitrogen and oxygen atoms in total. The summed E-state index contributed by atoms with van der Waals surface area (Å²) < 4.78 is 0.